The van der Waals surface area contributed by atoms with Gasteiger partial charge in [0.05, 0.1) is 7.11 Å². The zero-order valence-corrected chi connectivity index (χ0v) is 12.2. The highest BCUT2D eigenvalue weighted by Gasteiger charge is 2.36. The van der Waals surface area contributed by atoms with Crippen molar-refractivity contribution in [3.63, 3.8) is 0 Å². The van der Waals surface area contributed by atoms with E-state index in [1.54, 1.807) is 30.4 Å². The van der Waals surface area contributed by atoms with E-state index < -0.39 is 11.5 Å². The van der Waals surface area contributed by atoms with Crippen LogP contribution >= 0.6 is 11.3 Å². The van der Waals surface area contributed by atoms with Crippen LogP contribution in [0.25, 0.3) is 0 Å². The monoisotopic (exact) mass is 293 g/mol. The van der Waals surface area contributed by atoms with Crippen molar-refractivity contribution >= 4 is 17.3 Å². The Labute approximate surface area is 121 Å². The van der Waals surface area contributed by atoms with Gasteiger partial charge in [0.15, 0.2) is 0 Å². The number of benzene rings is 1. The summed E-state index contributed by atoms with van der Waals surface area (Å²) in [5, 5.41) is 5.17. The molecular weight excluding hydrogens is 277 g/mol. The summed E-state index contributed by atoms with van der Waals surface area (Å²) in [4.78, 5) is 13.2. The Kier molecular flexibility index (Phi) is 4.52. The fourth-order valence-corrected chi connectivity index (χ4v) is 2.60. The van der Waals surface area contributed by atoms with Crippen molar-refractivity contribution in [3.05, 3.63) is 58.0 Å². The molecule has 0 amide bonds. The molecule has 0 aliphatic heterocycles. The summed E-state index contributed by atoms with van der Waals surface area (Å²) < 4.78 is 17.9. The number of ether oxygens (including phenoxy) is 1. The second kappa shape index (κ2) is 6.15. The first-order valence-electron chi connectivity index (χ1n) is 6.18. The Morgan fingerprint density at radius 2 is 2.05 bits per heavy atom. The molecular formula is C15H16FNO2S. The Morgan fingerprint density at radius 3 is 2.60 bits per heavy atom. The third kappa shape index (κ3) is 3.05. The molecule has 2 rings (SSSR count). The number of nitrogens with one attached hydrogen (secondary N) is 1. The molecule has 0 aliphatic rings. The van der Waals surface area contributed by atoms with Gasteiger partial charge in [0, 0.05) is 11.4 Å². The molecule has 0 bridgehead atoms. The smallest absolute Gasteiger partial charge is 0.330 e. The molecule has 106 valence electrons. The summed E-state index contributed by atoms with van der Waals surface area (Å²) in [6, 6.07) is 9.79. The predicted octanol–water partition coefficient (Wildman–Crippen LogP) is 3.07. The Bertz CT molecular complexity index is 568. The van der Waals surface area contributed by atoms with Gasteiger partial charge < -0.3 is 4.74 Å². The Hall–Kier alpha value is -1.72. The number of esters is 1. The van der Waals surface area contributed by atoms with Gasteiger partial charge in [0.2, 0.25) is 0 Å². The molecule has 1 unspecified atom stereocenters. The highest BCUT2D eigenvalue weighted by Crippen LogP contribution is 2.24. The number of carbonyl (C=O) groups is 1. The third-order valence-corrected chi connectivity index (χ3v) is 4.09. The second-order valence-electron chi connectivity index (χ2n) is 4.56. The topological polar surface area (TPSA) is 38.3 Å². The lowest BCUT2D eigenvalue weighted by molar-refractivity contribution is -0.148. The summed E-state index contributed by atoms with van der Waals surface area (Å²) in [5.41, 5.74) is -0.339. The largest absolute Gasteiger partial charge is 0.467 e. The molecule has 0 spiro atoms. The van der Waals surface area contributed by atoms with E-state index in [1.807, 2.05) is 17.5 Å². The lowest BCUT2D eigenvalue weighted by Gasteiger charge is -2.28. The lowest BCUT2D eigenvalue weighted by atomic mass is 9.92. The summed E-state index contributed by atoms with van der Waals surface area (Å²) in [7, 11) is 1.34. The minimum atomic E-state index is -1.01. The zero-order valence-electron chi connectivity index (χ0n) is 11.4. The van der Waals surface area contributed by atoms with Crippen molar-refractivity contribution in [3.8, 4) is 0 Å². The van der Waals surface area contributed by atoms with Crippen LogP contribution in [0.4, 0.5) is 4.39 Å². The van der Waals surface area contributed by atoms with Gasteiger partial charge in [-0.2, -0.15) is 0 Å². The van der Waals surface area contributed by atoms with Crippen LogP contribution in [-0.4, -0.2) is 13.1 Å². The zero-order chi connectivity index (χ0) is 14.6. The van der Waals surface area contributed by atoms with Crippen LogP contribution in [0.1, 0.15) is 17.4 Å². The summed E-state index contributed by atoms with van der Waals surface area (Å²) >= 11 is 1.61. The van der Waals surface area contributed by atoms with Crippen LogP contribution in [0.3, 0.4) is 0 Å². The molecule has 1 N–H and O–H groups in total. The minimum absolute atomic E-state index is 0.334. The fraction of sp³-hybridized carbons (Fsp3) is 0.267. The molecule has 20 heavy (non-hydrogen) atoms. The Balaban J connectivity index is 2.25. The predicted molar refractivity (Wildman–Crippen MR) is 76.9 cm³/mol. The number of carbonyl (C=O) groups excluding carboxylic acids is 1. The first kappa shape index (κ1) is 14.7. The summed E-state index contributed by atoms with van der Waals surface area (Å²) in [5.74, 6) is -0.736. The average molecular weight is 293 g/mol. The van der Waals surface area contributed by atoms with Gasteiger partial charge in [-0.05, 0) is 36.1 Å². The first-order chi connectivity index (χ1) is 9.56. The first-order valence-corrected chi connectivity index (χ1v) is 7.06. The highest BCUT2D eigenvalue weighted by molar-refractivity contribution is 7.09. The number of halogens is 1. The molecule has 5 heteroatoms. The van der Waals surface area contributed by atoms with Crippen LogP contribution in [0.2, 0.25) is 0 Å². The maximum atomic E-state index is 13.0. The van der Waals surface area contributed by atoms with Gasteiger partial charge in [-0.3, -0.25) is 5.32 Å². The number of methoxy groups -OCH3 is 1. The van der Waals surface area contributed by atoms with Crippen molar-refractivity contribution in [2.24, 2.45) is 0 Å². The summed E-state index contributed by atoms with van der Waals surface area (Å²) in [6.07, 6.45) is 0. The van der Waals surface area contributed by atoms with E-state index in [0.29, 0.717) is 12.1 Å². The minimum Gasteiger partial charge on any atom is -0.467 e. The van der Waals surface area contributed by atoms with Crippen molar-refractivity contribution < 1.29 is 13.9 Å². The Morgan fingerprint density at radius 1 is 1.35 bits per heavy atom. The SMILES string of the molecule is COC(=O)C(C)(NCc1cccs1)c1ccc(F)cc1. The van der Waals surface area contributed by atoms with Crippen molar-refractivity contribution in [2.75, 3.05) is 7.11 Å². The van der Waals surface area contributed by atoms with Crippen LogP contribution in [0.5, 0.6) is 0 Å². The molecule has 1 atom stereocenters. The lowest BCUT2D eigenvalue weighted by Crippen LogP contribution is -2.46. The van der Waals surface area contributed by atoms with Gasteiger partial charge in [-0.25, -0.2) is 9.18 Å². The molecule has 3 nitrogen and oxygen atoms in total. The molecule has 2 aromatic rings. The van der Waals surface area contributed by atoms with Gasteiger partial charge in [-0.15, -0.1) is 11.3 Å². The van der Waals surface area contributed by atoms with Gasteiger partial charge in [0.1, 0.15) is 11.4 Å². The van der Waals surface area contributed by atoms with Crippen LogP contribution in [0.15, 0.2) is 41.8 Å². The average Bonchev–Trinajstić information content (AvgIpc) is 2.98. The quantitative estimate of drug-likeness (QED) is 0.861. The summed E-state index contributed by atoms with van der Waals surface area (Å²) in [6.45, 7) is 2.28. The van der Waals surface area contributed by atoms with E-state index in [2.05, 4.69) is 5.32 Å². The van der Waals surface area contributed by atoms with Gasteiger partial charge in [-0.1, -0.05) is 18.2 Å². The number of hydrogen-bond acceptors (Lipinski definition) is 4. The van der Waals surface area contributed by atoms with E-state index >= 15 is 0 Å². The van der Waals surface area contributed by atoms with E-state index in [9.17, 15) is 9.18 Å². The van der Waals surface area contributed by atoms with Crippen LogP contribution in [-0.2, 0) is 21.6 Å². The fourth-order valence-electron chi connectivity index (χ4n) is 1.96. The van der Waals surface area contributed by atoms with Gasteiger partial charge in [0.25, 0.3) is 0 Å². The number of hydrogen-bond donors (Lipinski definition) is 1. The third-order valence-electron chi connectivity index (χ3n) is 3.21. The van der Waals surface area contributed by atoms with E-state index in [0.717, 1.165) is 4.88 Å². The van der Waals surface area contributed by atoms with Crippen molar-refractivity contribution in [2.45, 2.75) is 19.0 Å². The molecule has 0 radical (unpaired) electrons. The molecule has 0 saturated heterocycles. The number of rotatable bonds is 5. The molecule has 1 heterocycles. The van der Waals surface area contributed by atoms with E-state index in [1.165, 1.54) is 19.2 Å². The van der Waals surface area contributed by atoms with Crippen molar-refractivity contribution in [1.29, 1.82) is 0 Å². The maximum absolute atomic E-state index is 13.0. The molecule has 0 saturated carbocycles. The normalized spacial score (nSPS) is 13.8. The van der Waals surface area contributed by atoms with Gasteiger partial charge >= 0.3 is 5.97 Å². The maximum Gasteiger partial charge on any atom is 0.330 e. The highest BCUT2D eigenvalue weighted by atomic mass is 32.1. The van der Waals surface area contributed by atoms with Crippen LogP contribution in [0, 0.1) is 5.82 Å². The number of thiophene rings is 1. The molecule has 1 aromatic heterocycles. The molecule has 1 aromatic carbocycles. The van der Waals surface area contributed by atoms with Crippen molar-refractivity contribution in [1.82, 2.24) is 5.32 Å². The second-order valence-corrected chi connectivity index (χ2v) is 5.59. The molecule has 0 aliphatic carbocycles. The van der Waals surface area contributed by atoms with Crippen LogP contribution < -0.4 is 5.32 Å². The molecule has 0 fully saturated rings. The van der Waals surface area contributed by atoms with E-state index in [-0.39, 0.29) is 5.82 Å². The van der Waals surface area contributed by atoms with E-state index in [4.69, 9.17) is 4.74 Å². The standard InChI is InChI=1S/C15H16FNO2S/c1-15(14(18)19-2,11-5-7-12(16)8-6-11)17-10-13-4-3-9-20-13/h3-9,17H,10H2,1-2H3.